The fourth-order valence-corrected chi connectivity index (χ4v) is 2.89. The van der Waals surface area contributed by atoms with Gasteiger partial charge in [-0.3, -0.25) is 9.69 Å². The van der Waals surface area contributed by atoms with Crippen LogP contribution in [-0.4, -0.2) is 54.1 Å². The second-order valence-corrected chi connectivity index (χ2v) is 5.08. The van der Waals surface area contributed by atoms with E-state index in [4.69, 9.17) is 9.15 Å². The second-order valence-electron chi connectivity index (χ2n) is 5.08. The summed E-state index contributed by atoms with van der Waals surface area (Å²) in [6.45, 7) is 7.05. The molecule has 2 atom stereocenters. The number of hydrogen-bond acceptors (Lipinski definition) is 4. The third-order valence-corrected chi connectivity index (χ3v) is 3.77. The Kier molecular flexibility index (Phi) is 3.40. The molecule has 0 radical (unpaired) electrons. The topological polar surface area (TPSA) is 45.9 Å². The summed E-state index contributed by atoms with van der Waals surface area (Å²) in [6, 6.07) is 2.11. The zero-order valence-electron chi connectivity index (χ0n) is 10.8. The summed E-state index contributed by atoms with van der Waals surface area (Å²) in [5.41, 5.74) is 1.15. The molecule has 0 aromatic carbocycles. The van der Waals surface area contributed by atoms with Crippen LogP contribution in [0.5, 0.6) is 0 Å². The van der Waals surface area contributed by atoms with Crippen LogP contribution in [0.4, 0.5) is 0 Å². The third-order valence-electron chi connectivity index (χ3n) is 3.77. The van der Waals surface area contributed by atoms with Crippen LogP contribution in [0.2, 0.25) is 0 Å². The van der Waals surface area contributed by atoms with Crippen LogP contribution in [0.1, 0.15) is 5.56 Å². The highest BCUT2D eigenvalue weighted by molar-refractivity contribution is 5.78. The quantitative estimate of drug-likeness (QED) is 0.756. The highest BCUT2D eigenvalue weighted by atomic mass is 16.5. The van der Waals surface area contributed by atoms with E-state index in [-0.39, 0.29) is 24.7 Å². The number of fused-ring (bicyclic) bond motifs is 1. The number of morpholine rings is 1. The SMILES string of the molecule is C=CCN1C(=O)COC2CN(Cc3ccoc3)CC21. The minimum atomic E-state index is 0.0614. The maximum absolute atomic E-state index is 11.9. The van der Waals surface area contributed by atoms with Crippen molar-refractivity contribution in [2.75, 3.05) is 26.2 Å². The molecule has 5 nitrogen and oxygen atoms in total. The van der Waals surface area contributed by atoms with Gasteiger partial charge in [0.1, 0.15) is 6.61 Å². The van der Waals surface area contributed by atoms with Crippen molar-refractivity contribution in [3.05, 3.63) is 36.8 Å². The van der Waals surface area contributed by atoms with Crippen LogP contribution in [0, 0.1) is 0 Å². The van der Waals surface area contributed by atoms with Gasteiger partial charge in [0, 0.05) is 31.7 Å². The Bertz CT molecular complexity index is 457. The predicted octanol–water partition coefficient (Wildman–Crippen LogP) is 0.877. The highest BCUT2D eigenvalue weighted by Gasteiger charge is 2.42. The molecule has 5 heteroatoms. The molecule has 0 aliphatic carbocycles. The van der Waals surface area contributed by atoms with Gasteiger partial charge < -0.3 is 14.1 Å². The van der Waals surface area contributed by atoms with E-state index in [1.807, 2.05) is 11.0 Å². The van der Waals surface area contributed by atoms with E-state index in [9.17, 15) is 4.79 Å². The lowest BCUT2D eigenvalue weighted by molar-refractivity contribution is -0.151. The average Bonchev–Trinajstić information content (AvgIpc) is 3.02. The average molecular weight is 262 g/mol. The van der Waals surface area contributed by atoms with Gasteiger partial charge in [0.15, 0.2) is 0 Å². The second kappa shape index (κ2) is 5.19. The molecule has 2 fully saturated rings. The number of likely N-dealkylation sites (tertiary alicyclic amines) is 1. The number of carbonyl (C=O) groups is 1. The molecule has 3 rings (SSSR count). The lowest BCUT2D eigenvalue weighted by Gasteiger charge is -2.36. The Morgan fingerprint density at radius 3 is 3.11 bits per heavy atom. The van der Waals surface area contributed by atoms with E-state index in [1.54, 1.807) is 18.6 Å². The van der Waals surface area contributed by atoms with Gasteiger partial charge in [-0.1, -0.05) is 6.08 Å². The fraction of sp³-hybridized carbons (Fsp3) is 0.500. The van der Waals surface area contributed by atoms with Crippen LogP contribution in [0.25, 0.3) is 0 Å². The Balaban J connectivity index is 1.68. The molecule has 19 heavy (non-hydrogen) atoms. The Morgan fingerprint density at radius 1 is 1.47 bits per heavy atom. The monoisotopic (exact) mass is 262 g/mol. The summed E-state index contributed by atoms with van der Waals surface area (Å²) >= 11 is 0. The van der Waals surface area contributed by atoms with Crippen molar-refractivity contribution in [2.24, 2.45) is 0 Å². The zero-order chi connectivity index (χ0) is 13.2. The molecule has 0 saturated carbocycles. The number of nitrogens with zero attached hydrogens (tertiary/aromatic N) is 2. The summed E-state index contributed by atoms with van der Waals surface area (Å²) in [5.74, 6) is 0.0614. The van der Waals surface area contributed by atoms with Gasteiger partial charge in [0.2, 0.25) is 5.91 Å². The van der Waals surface area contributed by atoms with Crippen LogP contribution >= 0.6 is 0 Å². The molecule has 1 amide bonds. The Morgan fingerprint density at radius 2 is 2.37 bits per heavy atom. The maximum atomic E-state index is 11.9. The number of ether oxygens (including phenoxy) is 1. The predicted molar refractivity (Wildman–Crippen MR) is 69.4 cm³/mol. The van der Waals surface area contributed by atoms with Crippen molar-refractivity contribution >= 4 is 5.91 Å². The minimum absolute atomic E-state index is 0.0614. The molecule has 0 N–H and O–H groups in total. The van der Waals surface area contributed by atoms with Crippen LogP contribution in [0.15, 0.2) is 35.7 Å². The lowest BCUT2D eigenvalue weighted by Crippen LogP contribution is -2.53. The van der Waals surface area contributed by atoms with Crippen molar-refractivity contribution in [1.82, 2.24) is 9.80 Å². The first-order valence-electron chi connectivity index (χ1n) is 6.53. The summed E-state index contributed by atoms with van der Waals surface area (Å²) in [6.07, 6.45) is 5.33. The van der Waals surface area contributed by atoms with E-state index in [0.717, 1.165) is 25.2 Å². The van der Waals surface area contributed by atoms with Gasteiger partial charge in [-0.2, -0.15) is 0 Å². The van der Waals surface area contributed by atoms with Crippen molar-refractivity contribution in [1.29, 1.82) is 0 Å². The van der Waals surface area contributed by atoms with Crippen LogP contribution < -0.4 is 0 Å². The first-order valence-corrected chi connectivity index (χ1v) is 6.53. The first-order chi connectivity index (χ1) is 9.28. The minimum Gasteiger partial charge on any atom is -0.472 e. The fourth-order valence-electron chi connectivity index (χ4n) is 2.89. The summed E-state index contributed by atoms with van der Waals surface area (Å²) in [7, 11) is 0. The Labute approximate surface area is 112 Å². The van der Waals surface area contributed by atoms with E-state index < -0.39 is 0 Å². The molecular formula is C14H18N2O3. The molecule has 2 saturated heterocycles. The molecule has 1 aromatic rings. The van der Waals surface area contributed by atoms with E-state index in [0.29, 0.717) is 6.54 Å². The zero-order valence-corrected chi connectivity index (χ0v) is 10.8. The van der Waals surface area contributed by atoms with Crippen molar-refractivity contribution in [3.8, 4) is 0 Å². The van der Waals surface area contributed by atoms with Gasteiger partial charge in [-0.25, -0.2) is 0 Å². The molecule has 0 bridgehead atoms. The summed E-state index contributed by atoms with van der Waals surface area (Å²) in [4.78, 5) is 16.1. The van der Waals surface area contributed by atoms with Gasteiger partial charge in [-0.15, -0.1) is 6.58 Å². The molecule has 102 valence electrons. The molecule has 1 aromatic heterocycles. The van der Waals surface area contributed by atoms with Crippen molar-refractivity contribution in [2.45, 2.75) is 18.7 Å². The summed E-state index contributed by atoms with van der Waals surface area (Å²) in [5, 5.41) is 0. The van der Waals surface area contributed by atoms with Crippen molar-refractivity contribution in [3.63, 3.8) is 0 Å². The van der Waals surface area contributed by atoms with Gasteiger partial charge >= 0.3 is 0 Å². The maximum Gasteiger partial charge on any atom is 0.249 e. The van der Waals surface area contributed by atoms with Gasteiger partial charge in [-0.05, 0) is 6.07 Å². The van der Waals surface area contributed by atoms with Crippen LogP contribution in [-0.2, 0) is 16.1 Å². The largest absolute Gasteiger partial charge is 0.472 e. The molecule has 3 heterocycles. The summed E-state index contributed by atoms with van der Waals surface area (Å²) < 4.78 is 10.7. The van der Waals surface area contributed by atoms with Gasteiger partial charge in [0.05, 0.1) is 24.7 Å². The first kappa shape index (κ1) is 12.4. The standard InChI is InChI=1S/C14H18N2O3/c1-2-4-16-12-7-15(6-11-3-5-18-9-11)8-13(12)19-10-14(16)17/h2-3,5,9,12-13H,1,4,6-8,10H2. The normalized spacial score (nSPS) is 27.6. The highest BCUT2D eigenvalue weighted by Crippen LogP contribution is 2.24. The van der Waals surface area contributed by atoms with E-state index >= 15 is 0 Å². The molecule has 2 aliphatic heterocycles. The number of rotatable bonds is 4. The van der Waals surface area contributed by atoms with E-state index in [1.165, 1.54) is 0 Å². The molecule has 0 spiro atoms. The van der Waals surface area contributed by atoms with Crippen molar-refractivity contribution < 1.29 is 13.9 Å². The third kappa shape index (κ3) is 2.43. The van der Waals surface area contributed by atoms with Gasteiger partial charge in [0.25, 0.3) is 0 Å². The van der Waals surface area contributed by atoms with E-state index in [2.05, 4.69) is 11.5 Å². The molecule has 2 unspecified atom stereocenters. The molecule has 2 aliphatic rings. The Hall–Kier alpha value is -1.59. The lowest BCUT2D eigenvalue weighted by atomic mass is 10.1. The number of hydrogen-bond donors (Lipinski definition) is 0. The van der Waals surface area contributed by atoms with Crippen LogP contribution in [0.3, 0.4) is 0 Å². The number of amides is 1. The molecular weight excluding hydrogens is 244 g/mol. The number of furan rings is 1. The smallest absolute Gasteiger partial charge is 0.249 e. The number of carbonyl (C=O) groups excluding carboxylic acids is 1.